The van der Waals surface area contributed by atoms with Gasteiger partial charge >= 0.3 is 0 Å². The summed E-state index contributed by atoms with van der Waals surface area (Å²) in [6.07, 6.45) is 1.47. The summed E-state index contributed by atoms with van der Waals surface area (Å²) in [6.45, 7) is 1.75. The predicted octanol–water partition coefficient (Wildman–Crippen LogP) is 3.47. The molecule has 3 aromatic rings. The van der Waals surface area contributed by atoms with Gasteiger partial charge in [-0.25, -0.2) is 5.01 Å². The first kappa shape index (κ1) is 20.9. The number of hydrogen-bond donors (Lipinski definition) is 2. The quantitative estimate of drug-likeness (QED) is 0.466. The topological polar surface area (TPSA) is 87.7 Å². The monoisotopic (exact) mass is 427 g/mol. The van der Waals surface area contributed by atoms with Gasteiger partial charge in [-0.15, -0.1) is 0 Å². The molecule has 1 aliphatic heterocycles. The molecule has 1 saturated heterocycles. The number of amides is 3. The Labute approximate surface area is 185 Å². The van der Waals surface area contributed by atoms with Crippen molar-refractivity contribution in [3.63, 3.8) is 0 Å². The molecule has 0 spiro atoms. The molecule has 0 atom stereocenters. The highest BCUT2D eigenvalue weighted by Gasteiger charge is 2.34. The van der Waals surface area contributed by atoms with E-state index in [1.54, 1.807) is 48.5 Å². The van der Waals surface area contributed by atoms with Gasteiger partial charge in [0.15, 0.2) is 6.61 Å². The minimum atomic E-state index is -0.509. The van der Waals surface area contributed by atoms with Crippen molar-refractivity contribution >= 4 is 35.2 Å². The lowest BCUT2D eigenvalue weighted by atomic mass is 10.1. The smallest absolute Gasteiger partial charge is 0.282 e. The summed E-state index contributed by atoms with van der Waals surface area (Å²) in [4.78, 5) is 37.5. The summed E-state index contributed by atoms with van der Waals surface area (Å²) in [7, 11) is 0. The average molecular weight is 427 g/mol. The van der Waals surface area contributed by atoms with Crippen LogP contribution in [-0.4, -0.2) is 24.3 Å². The minimum absolute atomic E-state index is 0.0194. The van der Waals surface area contributed by atoms with Crippen LogP contribution in [0.3, 0.4) is 0 Å². The fraction of sp³-hybridized carbons (Fsp3) is 0.0800. The number of anilines is 2. The van der Waals surface area contributed by atoms with Crippen LogP contribution in [0.4, 0.5) is 11.4 Å². The van der Waals surface area contributed by atoms with Crippen molar-refractivity contribution in [3.8, 4) is 5.75 Å². The number of carbonyl (C=O) groups is 3. The zero-order valence-electron chi connectivity index (χ0n) is 17.4. The molecular weight excluding hydrogens is 406 g/mol. The third-order valence-electron chi connectivity index (χ3n) is 4.82. The summed E-state index contributed by atoms with van der Waals surface area (Å²) in [5, 5.41) is 3.97. The van der Waals surface area contributed by atoms with Crippen molar-refractivity contribution in [1.82, 2.24) is 5.43 Å². The van der Waals surface area contributed by atoms with Gasteiger partial charge in [0.2, 0.25) is 0 Å². The fourth-order valence-corrected chi connectivity index (χ4v) is 3.18. The molecule has 4 rings (SSSR count). The lowest BCUT2D eigenvalue weighted by Gasteiger charge is -2.14. The minimum Gasteiger partial charge on any atom is -0.483 e. The molecular formula is C25H21N3O4. The molecule has 0 saturated carbocycles. The Morgan fingerprint density at radius 2 is 1.66 bits per heavy atom. The second kappa shape index (κ2) is 9.18. The van der Waals surface area contributed by atoms with E-state index in [0.29, 0.717) is 22.7 Å². The van der Waals surface area contributed by atoms with Crippen molar-refractivity contribution in [3.05, 3.63) is 95.6 Å². The number of hydrogen-bond acceptors (Lipinski definition) is 4. The maximum absolute atomic E-state index is 12.8. The van der Waals surface area contributed by atoms with Crippen LogP contribution in [0.1, 0.15) is 11.1 Å². The van der Waals surface area contributed by atoms with E-state index in [1.807, 2.05) is 37.3 Å². The van der Waals surface area contributed by atoms with Crippen molar-refractivity contribution in [1.29, 1.82) is 0 Å². The molecule has 7 nitrogen and oxygen atoms in total. The van der Waals surface area contributed by atoms with E-state index in [4.69, 9.17) is 4.74 Å². The van der Waals surface area contributed by atoms with Crippen LogP contribution in [0.15, 0.2) is 84.4 Å². The maximum Gasteiger partial charge on any atom is 0.282 e. The number of ether oxygens (including phenoxy) is 1. The molecule has 160 valence electrons. The van der Waals surface area contributed by atoms with Gasteiger partial charge in [0.1, 0.15) is 11.3 Å². The van der Waals surface area contributed by atoms with E-state index >= 15 is 0 Å². The van der Waals surface area contributed by atoms with Gasteiger partial charge in [0, 0.05) is 11.3 Å². The SMILES string of the molecule is Cc1ccc(NC(=O)COc2ccccc2C=C2C(=O)NN(c3ccccc3)C2=O)cc1. The molecule has 0 radical (unpaired) electrons. The standard InChI is InChI=1S/C25H21N3O4/c1-17-11-13-19(14-12-17)26-23(29)16-32-22-10-6-5-7-18(22)15-21-24(30)27-28(25(21)31)20-8-3-2-4-9-20/h2-15H,16H2,1H3,(H,26,29)(H,27,30). The third kappa shape index (κ3) is 4.67. The molecule has 1 heterocycles. The molecule has 3 aromatic carbocycles. The van der Waals surface area contributed by atoms with Gasteiger partial charge in [0.25, 0.3) is 17.7 Å². The molecule has 0 unspecified atom stereocenters. The van der Waals surface area contributed by atoms with E-state index in [9.17, 15) is 14.4 Å². The lowest BCUT2D eigenvalue weighted by molar-refractivity contribution is -0.118. The zero-order valence-corrected chi connectivity index (χ0v) is 17.4. The van der Waals surface area contributed by atoms with E-state index in [2.05, 4.69) is 10.7 Å². The van der Waals surface area contributed by atoms with Crippen molar-refractivity contribution < 1.29 is 19.1 Å². The number of hydrazine groups is 1. The first-order chi connectivity index (χ1) is 15.5. The lowest BCUT2D eigenvalue weighted by Crippen LogP contribution is -2.35. The van der Waals surface area contributed by atoms with Gasteiger partial charge in [-0.2, -0.15) is 0 Å². The third-order valence-corrected chi connectivity index (χ3v) is 4.82. The average Bonchev–Trinajstić information content (AvgIpc) is 3.09. The second-order valence-electron chi connectivity index (χ2n) is 7.22. The zero-order chi connectivity index (χ0) is 22.5. The predicted molar refractivity (Wildman–Crippen MR) is 122 cm³/mol. The summed E-state index contributed by atoms with van der Waals surface area (Å²) >= 11 is 0. The summed E-state index contributed by atoms with van der Waals surface area (Å²) in [5.74, 6) is -0.905. The highest BCUT2D eigenvalue weighted by atomic mass is 16.5. The number of nitrogens with zero attached hydrogens (tertiary/aromatic N) is 1. The Morgan fingerprint density at radius 1 is 0.969 bits per heavy atom. The molecule has 0 aliphatic carbocycles. The van der Waals surface area contributed by atoms with Crippen LogP contribution in [0.25, 0.3) is 6.08 Å². The summed E-state index contributed by atoms with van der Waals surface area (Å²) in [5.41, 5.74) is 5.39. The molecule has 1 fully saturated rings. The Kier molecular flexibility index (Phi) is 5.98. The van der Waals surface area contributed by atoms with E-state index in [1.165, 1.54) is 11.1 Å². The second-order valence-corrected chi connectivity index (χ2v) is 7.22. The number of aryl methyl sites for hydroxylation is 1. The molecule has 32 heavy (non-hydrogen) atoms. The van der Waals surface area contributed by atoms with Crippen LogP contribution in [0, 0.1) is 6.92 Å². The van der Waals surface area contributed by atoms with Crippen molar-refractivity contribution in [2.75, 3.05) is 16.9 Å². The number of benzene rings is 3. The number of para-hydroxylation sites is 2. The normalized spacial score (nSPS) is 14.4. The van der Waals surface area contributed by atoms with Crippen LogP contribution < -0.4 is 20.5 Å². The Morgan fingerprint density at radius 3 is 2.41 bits per heavy atom. The molecule has 1 aliphatic rings. The van der Waals surface area contributed by atoms with Crippen molar-refractivity contribution in [2.45, 2.75) is 6.92 Å². The van der Waals surface area contributed by atoms with Crippen LogP contribution in [0.5, 0.6) is 5.75 Å². The van der Waals surface area contributed by atoms with Gasteiger partial charge in [-0.1, -0.05) is 54.1 Å². The van der Waals surface area contributed by atoms with E-state index in [0.717, 1.165) is 5.56 Å². The van der Waals surface area contributed by atoms with Crippen molar-refractivity contribution in [2.24, 2.45) is 0 Å². The molecule has 0 bridgehead atoms. The van der Waals surface area contributed by atoms with E-state index in [-0.39, 0.29) is 18.1 Å². The maximum atomic E-state index is 12.8. The Bertz CT molecular complexity index is 1190. The van der Waals surface area contributed by atoms with Gasteiger partial charge in [-0.05, 0) is 43.3 Å². The Hall–Kier alpha value is -4.39. The van der Waals surface area contributed by atoms with Crippen LogP contribution in [0.2, 0.25) is 0 Å². The van der Waals surface area contributed by atoms with E-state index < -0.39 is 11.8 Å². The Balaban J connectivity index is 1.48. The van der Waals surface area contributed by atoms with Crippen LogP contribution in [-0.2, 0) is 14.4 Å². The summed E-state index contributed by atoms with van der Waals surface area (Å²) < 4.78 is 5.67. The number of nitrogens with one attached hydrogen (secondary N) is 2. The van der Waals surface area contributed by atoms with Gasteiger partial charge in [-0.3, -0.25) is 19.8 Å². The number of carbonyl (C=O) groups excluding carboxylic acids is 3. The highest BCUT2D eigenvalue weighted by Crippen LogP contribution is 2.25. The van der Waals surface area contributed by atoms with Gasteiger partial charge < -0.3 is 10.1 Å². The molecule has 0 aromatic heterocycles. The van der Waals surface area contributed by atoms with Gasteiger partial charge in [0.05, 0.1) is 5.69 Å². The fourth-order valence-electron chi connectivity index (χ4n) is 3.18. The molecule has 3 amide bonds. The number of rotatable bonds is 6. The molecule has 2 N–H and O–H groups in total. The van der Waals surface area contributed by atoms with Crippen LogP contribution >= 0.6 is 0 Å². The largest absolute Gasteiger partial charge is 0.483 e. The first-order valence-electron chi connectivity index (χ1n) is 10.0. The summed E-state index contributed by atoms with van der Waals surface area (Å²) in [6, 6.07) is 23.2. The highest BCUT2D eigenvalue weighted by molar-refractivity contribution is 6.31. The first-order valence-corrected chi connectivity index (χ1v) is 10.0. The molecule has 7 heteroatoms.